The molecule has 4 nitrogen and oxygen atoms in total. The summed E-state index contributed by atoms with van der Waals surface area (Å²) in [6, 6.07) is 7.54. The van der Waals surface area contributed by atoms with Gasteiger partial charge in [-0.15, -0.1) is 11.8 Å². The molecule has 0 aliphatic rings. The van der Waals surface area contributed by atoms with Crippen LogP contribution in [-0.4, -0.2) is 43.2 Å². The van der Waals surface area contributed by atoms with E-state index >= 15 is 0 Å². The van der Waals surface area contributed by atoms with Crippen LogP contribution in [0, 0.1) is 0 Å². The quantitative estimate of drug-likeness (QED) is 0.573. The number of carbonyl (C=O) groups excluding carboxylic acids is 2. The lowest BCUT2D eigenvalue weighted by Crippen LogP contribution is -2.29. The van der Waals surface area contributed by atoms with Crippen molar-refractivity contribution in [3.8, 4) is 0 Å². The zero-order chi connectivity index (χ0) is 15.0. The summed E-state index contributed by atoms with van der Waals surface area (Å²) in [5.41, 5.74) is 0. The first-order chi connectivity index (χ1) is 9.54. The Morgan fingerprint density at radius 3 is 2.65 bits per heavy atom. The third-order valence-corrected chi connectivity index (χ3v) is 4.23. The Morgan fingerprint density at radius 2 is 2.00 bits per heavy atom. The number of ether oxygens (including phenoxy) is 1. The number of methoxy groups -OCH3 is 1. The molecule has 0 radical (unpaired) electrons. The van der Waals surface area contributed by atoms with Crippen LogP contribution in [0.3, 0.4) is 0 Å². The molecular weight excluding hydrogens is 298 g/mol. The lowest BCUT2D eigenvalue weighted by atomic mass is 10.3. The summed E-state index contributed by atoms with van der Waals surface area (Å²) in [4.78, 5) is 25.4. The van der Waals surface area contributed by atoms with Crippen LogP contribution in [0.15, 0.2) is 29.2 Å². The van der Waals surface area contributed by atoms with Gasteiger partial charge >= 0.3 is 5.97 Å². The topological polar surface area (TPSA) is 46.6 Å². The van der Waals surface area contributed by atoms with Crippen molar-refractivity contribution >= 4 is 35.2 Å². The van der Waals surface area contributed by atoms with Crippen molar-refractivity contribution in [2.24, 2.45) is 0 Å². The van der Waals surface area contributed by atoms with Gasteiger partial charge in [0.15, 0.2) is 0 Å². The second kappa shape index (κ2) is 8.87. The standard InChI is InChI=1S/C14H18ClNO3S/c1-16(9-7-14(18)19-2)13(17)8-10-20-12-6-4-3-5-11(12)15/h3-6H,7-10H2,1-2H3. The van der Waals surface area contributed by atoms with E-state index in [0.717, 1.165) is 4.90 Å². The van der Waals surface area contributed by atoms with E-state index in [-0.39, 0.29) is 18.3 Å². The fourth-order valence-corrected chi connectivity index (χ4v) is 2.66. The van der Waals surface area contributed by atoms with Gasteiger partial charge in [-0.1, -0.05) is 23.7 Å². The van der Waals surface area contributed by atoms with Crippen LogP contribution < -0.4 is 0 Å². The molecule has 1 aromatic rings. The van der Waals surface area contributed by atoms with Gasteiger partial charge in [-0.25, -0.2) is 0 Å². The van der Waals surface area contributed by atoms with Crippen molar-refractivity contribution in [2.75, 3.05) is 26.5 Å². The minimum atomic E-state index is -0.310. The van der Waals surface area contributed by atoms with E-state index in [1.54, 1.807) is 23.7 Å². The molecule has 20 heavy (non-hydrogen) atoms. The molecule has 0 spiro atoms. The summed E-state index contributed by atoms with van der Waals surface area (Å²) in [5.74, 6) is 0.356. The van der Waals surface area contributed by atoms with Crippen LogP contribution in [0.2, 0.25) is 5.02 Å². The highest BCUT2D eigenvalue weighted by molar-refractivity contribution is 7.99. The second-order valence-electron chi connectivity index (χ2n) is 4.17. The maximum Gasteiger partial charge on any atom is 0.307 e. The van der Waals surface area contributed by atoms with E-state index in [2.05, 4.69) is 4.74 Å². The Hall–Kier alpha value is -1.20. The molecule has 0 aromatic heterocycles. The number of thioether (sulfide) groups is 1. The summed E-state index contributed by atoms with van der Waals surface area (Å²) in [6.45, 7) is 0.377. The Morgan fingerprint density at radius 1 is 1.30 bits per heavy atom. The predicted octanol–water partition coefficient (Wildman–Crippen LogP) is 2.84. The van der Waals surface area contributed by atoms with E-state index in [1.807, 2.05) is 24.3 Å². The fraction of sp³-hybridized carbons (Fsp3) is 0.429. The molecule has 1 amide bonds. The van der Waals surface area contributed by atoms with Crippen molar-refractivity contribution in [2.45, 2.75) is 17.7 Å². The Labute approximate surface area is 128 Å². The number of halogens is 1. The van der Waals surface area contributed by atoms with Gasteiger partial charge < -0.3 is 9.64 Å². The molecule has 1 rings (SSSR count). The second-order valence-corrected chi connectivity index (χ2v) is 5.71. The average molecular weight is 316 g/mol. The number of nitrogens with zero attached hydrogens (tertiary/aromatic N) is 1. The predicted molar refractivity (Wildman–Crippen MR) is 81.1 cm³/mol. The zero-order valence-corrected chi connectivity index (χ0v) is 13.2. The van der Waals surface area contributed by atoms with Crippen LogP contribution in [0.1, 0.15) is 12.8 Å². The van der Waals surface area contributed by atoms with Crippen LogP contribution in [-0.2, 0) is 14.3 Å². The highest BCUT2D eigenvalue weighted by Gasteiger charge is 2.11. The fourth-order valence-electron chi connectivity index (χ4n) is 1.49. The van der Waals surface area contributed by atoms with E-state index < -0.39 is 0 Å². The average Bonchev–Trinajstić information content (AvgIpc) is 2.46. The highest BCUT2D eigenvalue weighted by atomic mass is 35.5. The molecule has 0 bridgehead atoms. The molecule has 110 valence electrons. The molecule has 0 heterocycles. The van der Waals surface area contributed by atoms with E-state index in [4.69, 9.17) is 11.6 Å². The summed E-state index contributed by atoms with van der Waals surface area (Å²) in [6.07, 6.45) is 0.629. The van der Waals surface area contributed by atoms with Crippen molar-refractivity contribution in [3.05, 3.63) is 29.3 Å². The normalized spacial score (nSPS) is 10.2. The van der Waals surface area contributed by atoms with Gasteiger partial charge in [0, 0.05) is 30.7 Å². The van der Waals surface area contributed by atoms with Gasteiger partial charge in [0.1, 0.15) is 0 Å². The number of esters is 1. The molecule has 0 N–H and O–H groups in total. The molecule has 0 saturated heterocycles. The van der Waals surface area contributed by atoms with Crippen molar-refractivity contribution < 1.29 is 14.3 Å². The number of hydrogen-bond donors (Lipinski definition) is 0. The highest BCUT2D eigenvalue weighted by Crippen LogP contribution is 2.26. The van der Waals surface area contributed by atoms with Crippen LogP contribution >= 0.6 is 23.4 Å². The summed E-state index contributed by atoms with van der Waals surface area (Å²) >= 11 is 7.59. The first kappa shape index (κ1) is 16.9. The first-order valence-corrected chi connectivity index (χ1v) is 7.59. The van der Waals surface area contributed by atoms with E-state index in [0.29, 0.717) is 23.7 Å². The van der Waals surface area contributed by atoms with Crippen molar-refractivity contribution in [1.82, 2.24) is 4.90 Å². The number of rotatable bonds is 7. The molecule has 0 unspecified atom stereocenters. The minimum absolute atomic E-state index is 0.00783. The molecule has 0 atom stereocenters. The zero-order valence-electron chi connectivity index (χ0n) is 11.6. The smallest absolute Gasteiger partial charge is 0.307 e. The molecule has 0 fully saturated rings. The van der Waals surface area contributed by atoms with Gasteiger partial charge in [0.25, 0.3) is 0 Å². The summed E-state index contributed by atoms with van der Waals surface area (Å²) < 4.78 is 4.54. The van der Waals surface area contributed by atoms with E-state index in [1.165, 1.54) is 7.11 Å². The molecule has 0 aliphatic carbocycles. The summed E-state index contributed by atoms with van der Waals surface area (Å²) in [5, 5.41) is 0.698. The van der Waals surface area contributed by atoms with Crippen LogP contribution in [0.5, 0.6) is 0 Å². The number of hydrogen-bond acceptors (Lipinski definition) is 4. The molecule has 0 aliphatic heterocycles. The number of carbonyl (C=O) groups is 2. The number of amides is 1. The summed E-state index contributed by atoms with van der Waals surface area (Å²) in [7, 11) is 3.02. The Balaban J connectivity index is 2.29. The lowest BCUT2D eigenvalue weighted by Gasteiger charge is -2.16. The van der Waals surface area contributed by atoms with Gasteiger partial charge in [-0.3, -0.25) is 9.59 Å². The SMILES string of the molecule is COC(=O)CCN(C)C(=O)CCSc1ccccc1Cl. The molecule has 6 heteroatoms. The van der Waals surface area contributed by atoms with Crippen LogP contribution in [0.4, 0.5) is 0 Å². The number of benzene rings is 1. The van der Waals surface area contributed by atoms with Crippen molar-refractivity contribution in [3.63, 3.8) is 0 Å². The van der Waals surface area contributed by atoms with E-state index in [9.17, 15) is 9.59 Å². The van der Waals surface area contributed by atoms with Crippen LogP contribution in [0.25, 0.3) is 0 Å². The third kappa shape index (κ3) is 5.84. The van der Waals surface area contributed by atoms with Gasteiger partial charge in [-0.2, -0.15) is 0 Å². The molecular formula is C14H18ClNO3S. The molecule has 0 saturated carbocycles. The molecule has 1 aromatic carbocycles. The maximum absolute atomic E-state index is 11.8. The monoisotopic (exact) mass is 315 g/mol. The van der Waals surface area contributed by atoms with Crippen molar-refractivity contribution in [1.29, 1.82) is 0 Å². The lowest BCUT2D eigenvalue weighted by molar-refractivity contribution is -0.141. The van der Waals surface area contributed by atoms with Gasteiger partial charge in [-0.05, 0) is 12.1 Å². The van der Waals surface area contributed by atoms with Gasteiger partial charge in [0.2, 0.25) is 5.91 Å². The largest absolute Gasteiger partial charge is 0.469 e. The third-order valence-electron chi connectivity index (χ3n) is 2.71. The Bertz CT molecular complexity index is 467. The van der Waals surface area contributed by atoms with Gasteiger partial charge in [0.05, 0.1) is 18.6 Å². The first-order valence-electron chi connectivity index (χ1n) is 6.22. The maximum atomic E-state index is 11.8. The Kier molecular flexibility index (Phi) is 7.47. The minimum Gasteiger partial charge on any atom is -0.469 e.